The average Bonchev–Trinajstić information content (AvgIpc) is 2.34. The normalized spacial score (nSPS) is 19.5. The predicted molar refractivity (Wildman–Crippen MR) is 79.0 cm³/mol. The molecule has 1 saturated carbocycles. The third kappa shape index (κ3) is 4.55. The molecule has 1 unspecified atom stereocenters. The van der Waals surface area contributed by atoms with Gasteiger partial charge >= 0.3 is 0 Å². The average molecular weight is 255 g/mol. The number of unbranched alkanes of at least 4 members (excludes halogenated alkanes) is 4. The summed E-state index contributed by atoms with van der Waals surface area (Å²) in [5, 5.41) is 3.73. The summed E-state index contributed by atoms with van der Waals surface area (Å²) in [5.41, 5.74) is 0.167. The maximum Gasteiger partial charge on any atom is 0.0831 e. The van der Waals surface area contributed by atoms with Crippen LogP contribution in [0.1, 0.15) is 78.1 Å². The monoisotopic (exact) mass is 255 g/mol. The largest absolute Gasteiger partial charge is 0.377 e. The molecule has 0 saturated heterocycles. The van der Waals surface area contributed by atoms with E-state index in [1.54, 1.807) is 0 Å². The van der Waals surface area contributed by atoms with Crippen molar-refractivity contribution in [2.45, 2.75) is 89.7 Å². The number of rotatable bonds is 11. The van der Waals surface area contributed by atoms with Crippen LogP contribution in [0.5, 0.6) is 0 Å². The third-order valence-corrected chi connectivity index (χ3v) is 4.48. The highest BCUT2D eigenvalue weighted by Crippen LogP contribution is 2.39. The molecule has 0 bridgehead atoms. The second-order valence-electron chi connectivity index (χ2n) is 5.83. The van der Waals surface area contributed by atoms with Gasteiger partial charge in [-0.25, -0.2) is 0 Å². The first-order valence-corrected chi connectivity index (χ1v) is 8.07. The van der Waals surface area contributed by atoms with E-state index < -0.39 is 0 Å². The second kappa shape index (κ2) is 8.92. The van der Waals surface area contributed by atoms with E-state index in [4.69, 9.17) is 4.74 Å². The van der Waals surface area contributed by atoms with Gasteiger partial charge in [0.05, 0.1) is 5.60 Å². The van der Waals surface area contributed by atoms with Crippen molar-refractivity contribution in [3.63, 3.8) is 0 Å². The molecule has 0 aromatic rings. The van der Waals surface area contributed by atoms with Crippen LogP contribution in [0.3, 0.4) is 0 Å². The highest BCUT2D eigenvalue weighted by Gasteiger charge is 2.43. The standard InChI is InChI=1S/C16H33NO/c1-4-6-7-8-9-11-15(17-14-5-2)16(18-3)12-10-13-16/h15,17H,4-14H2,1-3H3. The Morgan fingerprint density at radius 1 is 1.06 bits per heavy atom. The van der Waals surface area contributed by atoms with Gasteiger partial charge in [0.1, 0.15) is 0 Å². The SMILES string of the molecule is CCCCCCCC(NCCC)C1(OC)CCC1. The highest BCUT2D eigenvalue weighted by atomic mass is 16.5. The summed E-state index contributed by atoms with van der Waals surface area (Å²) in [4.78, 5) is 0. The second-order valence-corrected chi connectivity index (χ2v) is 5.83. The predicted octanol–water partition coefficient (Wildman–Crippen LogP) is 4.28. The fraction of sp³-hybridized carbons (Fsp3) is 1.00. The van der Waals surface area contributed by atoms with Crippen LogP contribution in [0.2, 0.25) is 0 Å². The van der Waals surface area contributed by atoms with Gasteiger partial charge in [0.25, 0.3) is 0 Å². The van der Waals surface area contributed by atoms with Gasteiger partial charge in [0.2, 0.25) is 0 Å². The Labute approximate surface area is 114 Å². The van der Waals surface area contributed by atoms with Crippen molar-refractivity contribution < 1.29 is 4.74 Å². The Kier molecular flexibility index (Phi) is 7.92. The van der Waals surface area contributed by atoms with Crippen LogP contribution in [0, 0.1) is 0 Å². The van der Waals surface area contributed by atoms with Crippen molar-refractivity contribution in [1.29, 1.82) is 0 Å². The van der Waals surface area contributed by atoms with Gasteiger partial charge < -0.3 is 10.1 Å². The summed E-state index contributed by atoms with van der Waals surface area (Å²) in [6.07, 6.45) is 13.2. The molecule has 108 valence electrons. The maximum atomic E-state index is 5.85. The van der Waals surface area contributed by atoms with Crippen LogP contribution >= 0.6 is 0 Å². The smallest absolute Gasteiger partial charge is 0.0831 e. The Morgan fingerprint density at radius 3 is 2.28 bits per heavy atom. The van der Waals surface area contributed by atoms with Gasteiger partial charge in [-0.15, -0.1) is 0 Å². The van der Waals surface area contributed by atoms with Crippen LogP contribution in [0.15, 0.2) is 0 Å². The zero-order valence-corrected chi connectivity index (χ0v) is 12.8. The van der Waals surface area contributed by atoms with E-state index in [1.165, 1.54) is 64.2 Å². The van der Waals surface area contributed by atoms with Crippen LogP contribution in [-0.4, -0.2) is 25.3 Å². The van der Waals surface area contributed by atoms with Gasteiger partial charge in [-0.3, -0.25) is 0 Å². The zero-order valence-electron chi connectivity index (χ0n) is 12.8. The molecule has 1 atom stereocenters. The molecule has 1 aliphatic carbocycles. The zero-order chi connectivity index (χ0) is 13.3. The molecule has 0 aromatic heterocycles. The van der Waals surface area contributed by atoms with Crippen LogP contribution in [0.4, 0.5) is 0 Å². The first-order valence-electron chi connectivity index (χ1n) is 8.07. The number of nitrogens with one attached hydrogen (secondary N) is 1. The summed E-state index contributed by atoms with van der Waals surface area (Å²) >= 11 is 0. The minimum atomic E-state index is 0.167. The highest BCUT2D eigenvalue weighted by molar-refractivity contribution is 4.99. The van der Waals surface area contributed by atoms with Gasteiger partial charge in [-0.05, 0) is 38.6 Å². The fourth-order valence-electron chi connectivity index (χ4n) is 3.04. The fourth-order valence-corrected chi connectivity index (χ4v) is 3.04. The lowest BCUT2D eigenvalue weighted by Crippen LogP contribution is -2.56. The van der Waals surface area contributed by atoms with E-state index in [9.17, 15) is 0 Å². The number of hydrogen-bond acceptors (Lipinski definition) is 2. The summed E-state index contributed by atoms with van der Waals surface area (Å²) < 4.78 is 5.85. The summed E-state index contributed by atoms with van der Waals surface area (Å²) in [7, 11) is 1.90. The van der Waals surface area contributed by atoms with Crippen LogP contribution in [0.25, 0.3) is 0 Å². The van der Waals surface area contributed by atoms with Crippen molar-refractivity contribution in [2.24, 2.45) is 0 Å². The minimum absolute atomic E-state index is 0.167. The van der Waals surface area contributed by atoms with Crippen molar-refractivity contribution in [3.05, 3.63) is 0 Å². The topological polar surface area (TPSA) is 21.3 Å². The Balaban J connectivity index is 2.31. The molecule has 0 aliphatic heterocycles. The Hall–Kier alpha value is -0.0800. The summed E-state index contributed by atoms with van der Waals surface area (Å²) in [5.74, 6) is 0. The molecule has 1 fully saturated rings. The molecule has 1 aliphatic rings. The van der Waals surface area contributed by atoms with E-state index in [1.807, 2.05) is 7.11 Å². The number of ether oxygens (including phenoxy) is 1. The molecular formula is C16H33NO. The van der Waals surface area contributed by atoms with E-state index in [0.717, 1.165) is 6.54 Å². The minimum Gasteiger partial charge on any atom is -0.377 e. The van der Waals surface area contributed by atoms with Crippen molar-refractivity contribution >= 4 is 0 Å². The Morgan fingerprint density at radius 2 is 1.78 bits per heavy atom. The lowest BCUT2D eigenvalue weighted by atomic mass is 9.73. The quantitative estimate of drug-likeness (QED) is 0.556. The Bertz CT molecular complexity index is 196. The molecule has 0 aromatic carbocycles. The van der Waals surface area contributed by atoms with Crippen LogP contribution < -0.4 is 5.32 Å². The number of hydrogen-bond donors (Lipinski definition) is 1. The molecule has 1 N–H and O–H groups in total. The molecule has 0 radical (unpaired) electrons. The van der Waals surface area contributed by atoms with Crippen LogP contribution in [-0.2, 0) is 4.74 Å². The van der Waals surface area contributed by atoms with E-state index in [-0.39, 0.29) is 5.60 Å². The molecule has 0 spiro atoms. The molecule has 2 heteroatoms. The summed E-state index contributed by atoms with van der Waals surface area (Å²) in [6.45, 7) is 5.65. The molecule has 18 heavy (non-hydrogen) atoms. The van der Waals surface area contributed by atoms with Gasteiger partial charge in [0.15, 0.2) is 0 Å². The molecular weight excluding hydrogens is 222 g/mol. The first kappa shape index (κ1) is 16.0. The van der Waals surface area contributed by atoms with Gasteiger partial charge in [0, 0.05) is 13.2 Å². The van der Waals surface area contributed by atoms with Crippen molar-refractivity contribution in [3.8, 4) is 0 Å². The lowest BCUT2D eigenvalue weighted by molar-refractivity contribution is -0.100. The molecule has 0 amide bonds. The van der Waals surface area contributed by atoms with E-state index in [2.05, 4.69) is 19.2 Å². The van der Waals surface area contributed by atoms with Gasteiger partial charge in [-0.1, -0.05) is 46.0 Å². The van der Waals surface area contributed by atoms with E-state index in [0.29, 0.717) is 6.04 Å². The van der Waals surface area contributed by atoms with Crippen molar-refractivity contribution in [1.82, 2.24) is 5.32 Å². The first-order chi connectivity index (χ1) is 8.79. The maximum absolute atomic E-state index is 5.85. The van der Waals surface area contributed by atoms with Gasteiger partial charge in [-0.2, -0.15) is 0 Å². The lowest BCUT2D eigenvalue weighted by Gasteiger charge is -2.47. The number of methoxy groups -OCH3 is 1. The van der Waals surface area contributed by atoms with E-state index >= 15 is 0 Å². The third-order valence-electron chi connectivity index (χ3n) is 4.48. The summed E-state index contributed by atoms with van der Waals surface area (Å²) in [6, 6.07) is 0.581. The molecule has 0 heterocycles. The van der Waals surface area contributed by atoms with Crippen molar-refractivity contribution in [2.75, 3.05) is 13.7 Å². The molecule has 2 nitrogen and oxygen atoms in total. The molecule has 1 rings (SSSR count).